The Morgan fingerprint density at radius 3 is 2.07 bits per heavy atom. The second-order valence-corrected chi connectivity index (χ2v) is 3.23. The molecule has 0 unspecified atom stereocenters. The maximum atomic E-state index is 9.91. The number of unbranched alkanes of at least 4 members (excludes halogenated alkanes) is 2. The van der Waals surface area contributed by atoms with Crippen molar-refractivity contribution in [2.24, 2.45) is 15.9 Å². The highest BCUT2D eigenvalue weighted by Crippen LogP contribution is 2.10. The van der Waals surface area contributed by atoms with Crippen molar-refractivity contribution in [3.63, 3.8) is 0 Å². The molecule has 0 aromatic rings. The number of hydrogen-bond acceptors (Lipinski definition) is 4. The molecule has 0 aromatic carbocycles. The molecule has 4 nitrogen and oxygen atoms in total. The number of hydrogen-bond donors (Lipinski definition) is 0. The van der Waals surface area contributed by atoms with Gasteiger partial charge in [0, 0.05) is 0 Å². The Balaban J connectivity index is 3.82. The topological polar surface area (TPSA) is 58.9 Å². The van der Waals surface area contributed by atoms with Crippen LogP contribution in [-0.2, 0) is 9.59 Å². The summed E-state index contributed by atoms with van der Waals surface area (Å²) in [6.45, 7) is 2.96. The van der Waals surface area contributed by atoms with Crippen molar-refractivity contribution in [2.45, 2.75) is 32.6 Å². The molecule has 0 aliphatic carbocycles. The van der Waals surface area contributed by atoms with Crippen LogP contribution in [-0.4, -0.2) is 25.2 Å². The van der Waals surface area contributed by atoms with Crippen LogP contribution >= 0.6 is 0 Å². The van der Waals surface area contributed by atoms with Gasteiger partial charge in [0.25, 0.3) is 0 Å². The average Bonchev–Trinajstić information content (AvgIpc) is 2.21. The highest BCUT2D eigenvalue weighted by atomic mass is 16.1. The van der Waals surface area contributed by atoms with Gasteiger partial charge in [0.1, 0.15) is 0 Å². The van der Waals surface area contributed by atoms with Gasteiger partial charge in [-0.2, -0.15) is 0 Å². The number of nitrogens with zero attached hydrogens (tertiary/aromatic N) is 2. The Morgan fingerprint density at radius 1 is 1.07 bits per heavy atom. The Morgan fingerprint density at radius 2 is 1.64 bits per heavy atom. The zero-order chi connectivity index (χ0) is 10.6. The number of rotatable bonds is 8. The molecule has 0 bridgehead atoms. The smallest absolute Gasteiger partial charge is 0.211 e. The SMILES string of the molecule is CCCCCC(CN=C=O)CN=C=O. The Hall–Kier alpha value is -1.24. The van der Waals surface area contributed by atoms with Crippen molar-refractivity contribution in [3.8, 4) is 0 Å². The van der Waals surface area contributed by atoms with E-state index < -0.39 is 0 Å². The third-order valence-corrected chi connectivity index (χ3v) is 2.04. The molecule has 0 radical (unpaired) electrons. The second-order valence-electron chi connectivity index (χ2n) is 3.23. The Bertz CT molecular complexity index is 208. The predicted octanol–water partition coefficient (Wildman–Crippen LogP) is 1.85. The Kier molecular flexibility index (Phi) is 8.97. The lowest BCUT2D eigenvalue weighted by molar-refractivity contribution is 0.472. The summed E-state index contributed by atoms with van der Waals surface area (Å²) in [5.74, 6) is 0.185. The Labute approximate surface area is 84.1 Å². The van der Waals surface area contributed by atoms with Crippen LogP contribution in [0.3, 0.4) is 0 Å². The normalized spacial score (nSPS) is 11.2. The second kappa shape index (κ2) is 9.85. The van der Waals surface area contributed by atoms with E-state index in [2.05, 4.69) is 16.9 Å². The van der Waals surface area contributed by atoms with Crippen molar-refractivity contribution in [3.05, 3.63) is 0 Å². The minimum Gasteiger partial charge on any atom is -0.211 e. The van der Waals surface area contributed by atoms with Crippen LogP contribution in [0.15, 0.2) is 9.98 Å². The molecule has 14 heavy (non-hydrogen) atoms. The molecule has 0 atom stereocenters. The lowest BCUT2D eigenvalue weighted by atomic mass is 10.0. The third-order valence-electron chi connectivity index (χ3n) is 2.04. The molecule has 0 saturated carbocycles. The molecule has 0 heterocycles. The molecule has 0 spiro atoms. The summed E-state index contributed by atoms with van der Waals surface area (Å²) in [5, 5.41) is 0. The van der Waals surface area contributed by atoms with Gasteiger partial charge in [-0.05, 0) is 12.3 Å². The maximum absolute atomic E-state index is 9.91. The van der Waals surface area contributed by atoms with Gasteiger partial charge in [0.15, 0.2) is 0 Å². The monoisotopic (exact) mass is 196 g/mol. The fourth-order valence-electron chi connectivity index (χ4n) is 1.26. The molecule has 0 aliphatic rings. The summed E-state index contributed by atoms with van der Waals surface area (Å²) in [5.41, 5.74) is 0. The highest BCUT2D eigenvalue weighted by Gasteiger charge is 2.06. The first-order valence-electron chi connectivity index (χ1n) is 4.92. The van der Waals surface area contributed by atoms with Gasteiger partial charge in [-0.15, -0.1) is 0 Å². The van der Waals surface area contributed by atoms with Crippen molar-refractivity contribution in [1.82, 2.24) is 0 Å². The summed E-state index contributed by atoms with van der Waals surface area (Å²) < 4.78 is 0. The highest BCUT2D eigenvalue weighted by molar-refractivity contribution is 5.33. The molecule has 0 rings (SSSR count). The minimum absolute atomic E-state index is 0.185. The van der Waals surface area contributed by atoms with E-state index in [9.17, 15) is 9.59 Å². The van der Waals surface area contributed by atoms with Gasteiger partial charge < -0.3 is 0 Å². The zero-order valence-corrected chi connectivity index (χ0v) is 8.53. The summed E-state index contributed by atoms with van der Waals surface area (Å²) in [6, 6.07) is 0. The van der Waals surface area contributed by atoms with Gasteiger partial charge in [0.2, 0.25) is 12.2 Å². The van der Waals surface area contributed by atoms with E-state index in [0.717, 1.165) is 25.7 Å². The summed E-state index contributed by atoms with van der Waals surface area (Å²) in [7, 11) is 0. The number of aliphatic imine (C=N–C) groups is 2. The molecular weight excluding hydrogens is 180 g/mol. The first kappa shape index (κ1) is 12.8. The standard InChI is InChI=1S/C10H16N2O2/c1-2-3-4-5-10(6-11-8-13)7-12-9-14/h10H,2-7H2,1H3. The van der Waals surface area contributed by atoms with E-state index in [1.165, 1.54) is 12.2 Å². The van der Waals surface area contributed by atoms with Crippen molar-refractivity contribution in [2.75, 3.05) is 13.1 Å². The van der Waals surface area contributed by atoms with Crippen LogP contribution in [0.25, 0.3) is 0 Å². The van der Waals surface area contributed by atoms with E-state index in [4.69, 9.17) is 0 Å². The van der Waals surface area contributed by atoms with Gasteiger partial charge in [-0.3, -0.25) is 0 Å². The van der Waals surface area contributed by atoms with Crippen molar-refractivity contribution < 1.29 is 9.59 Å². The van der Waals surface area contributed by atoms with Gasteiger partial charge in [0.05, 0.1) is 13.1 Å². The molecule has 0 aromatic heterocycles. The van der Waals surface area contributed by atoms with Crippen molar-refractivity contribution >= 4 is 12.2 Å². The fourth-order valence-corrected chi connectivity index (χ4v) is 1.26. The van der Waals surface area contributed by atoms with Gasteiger partial charge >= 0.3 is 0 Å². The largest absolute Gasteiger partial charge is 0.234 e. The van der Waals surface area contributed by atoms with E-state index in [-0.39, 0.29) is 5.92 Å². The molecular formula is C10H16N2O2. The van der Waals surface area contributed by atoms with Crippen LogP contribution in [0.5, 0.6) is 0 Å². The minimum atomic E-state index is 0.185. The van der Waals surface area contributed by atoms with Crippen LogP contribution in [0, 0.1) is 5.92 Å². The molecule has 4 heteroatoms. The molecule has 0 amide bonds. The average molecular weight is 196 g/mol. The number of isocyanates is 2. The van der Waals surface area contributed by atoms with E-state index in [1.54, 1.807) is 0 Å². The lowest BCUT2D eigenvalue weighted by Crippen LogP contribution is -2.08. The van der Waals surface area contributed by atoms with Gasteiger partial charge in [-0.1, -0.05) is 26.2 Å². The van der Waals surface area contributed by atoms with Crippen LogP contribution in [0.4, 0.5) is 0 Å². The van der Waals surface area contributed by atoms with E-state index >= 15 is 0 Å². The first-order valence-corrected chi connectivity index (χ1v) is 4.92. The van der Waals surface area contributed by atoms with Gasteiger partial charge in [-0.25, -0.2) is 19.6 Å². The molecule has 78 valence electrons. The predicted molar refractivity (Wildman–Crippen MR) is 53.6 cm³/mol. The molecule has 0 fully saturated rings. The van der Waals surface area contributed by atoms with Crippen molar-refractivity contribution in [1.29, 1.82) is 0 Å². The van der Waals surface area contributed by atoms with Crippen LogP contribution in [0.1, 0.15) is 32.6 Å². The first-order chi connectivity index (χ1) is 6.85. The summed E-state index contributed by atoms with van der Waals surface area (Å²) >= 11 is 0. The number of carbonyl (C=O) groups excluding carboxylic acids is 2. The molecule has 0 N–H and O–H groups in total. The maximum Gasteiger partial charge on any atom is 0.234 e. The third kappa shape index (κ3) is 7.41. The van der Waals surface area contributed by atoms with Crippen LogP contribution < -0.4 is 0 Å². The van der Waals surface area contributed by atoms with E-state index in [1.807, 2.05) is 0 Å². The zero-order valence-electron chi connectivity index (χ0n) is 8.53. The van der Waals surface area contributed by atoms with Crippen LogP contribution in [0.2, 0.25) is 0 Å². The fraction of sp³-hybridized carbons (Fsp3) is 0.800. The quantitative estimate of drug-likeness (QED) is 0.338. The summed E-state index contributed by atoms with van der Waals surface area (Å²) in [4.78, 5) is 26.8. The lowest BCUT2D eigenvalue weighted by Gasteiger charge is -2.09. The molecule has 0 aliphatic heterocycles. The molecule has 0 saturated heterocycles. The van der Waals surface area contributed by atoms with E-state index in [0.29, 0.717) is 13.1 Å². The summed E-state index contributed by atoms with van der Waals surface area (Å²) in [6.07, 6.45) is 7.35.